The summed E-state index contributed by atoms with van der Waals surface area (Å²) < 4.78 is 1.63. The van der Waals surface area contributed by atoms with Crippen LogP contribution < -0.4 is 5.32 Å². The van der Waals surface area contributed by atoms with Crippen LogP contribution in [0.1, 0.15) is 16.1 Å². The molecule has 0 aliphatic rings. The lowest BCUT2D eigenvalue weighted by molar-refractivity contribution is -0.394. The van der Waals surface area contributed by atoms with Crippen molar-refractivity contribution >= 4 is 34.5 Å². The Kier molecular flexibility index (Phi) is 4.50. The Morgan fingerprint density at radius 2 is 1.81 bits per heavy atom. The minimum Gasteiger partial charge on any atom is -0.346 e. The van der Waals surface area contributed by atoms with E-state index in [0.29, 0.717) is 16.5 Å². The molecule has 0 aliphatic heterocycles. The first-order valence-electron chi connectivity index (χ1n) is 7.20. The summed E-state index contributed by atoms with van der Waals surface area (Å²) in [6, 6.07) is 7.89. The topological polar surface area (TPSA) is 133 Å². The molecule has 1 amide bonds. The molecule has 132 valence electrons. The number of amides is 1. The van der Waals surface area contributed by atoms with Gasteiger partial charge in [0.2, 0.25) is 0 Å². The average molecular weight is 376 g/mol. The van der Waals surface area contributed by atoms with Crippen molar-refractivity contribution in [1.82, 2.24) is 14.7 Å². The van der Waals surface area contributed by atoms with E-state index in [1.54, 1.807) is 28.8 Å². The van der Waals surface area contributed by atoms with E-state index in [1.807, 2.05) is 0 Å². The van der Waals surface area contributed by atoms with Gasteiger partial charge in [-0.05, 0) is 12.1 Å². The molecule has 3 aromatic rings. The van der Waals surface area contributed by atoms with Gasteiger partial charge in [0.05, 0.1) is 33.7 Å². The van der Waals surface area contributed by atoms with Crippen molar-refractivity contribution in [2.75, 3.05) is 0 Å². The van der Waals surface area contributed by atoms with Crippen molar-refractivity contribution in [1.29, 1.82) is 0 Å². The van der Waals surface area contributed by atoms with Gasteiger partial charge in [0.1, 0.15) is 10.8 Å². The Morgan fingerprint density at radius 1 is 1.15 bits per heavy atom. The highest BCUT2D eigenvalue weighted by atomic mass is 35.5. The molecule has 0 aliphatic carbocycles. The fourth-order valence-electron chi connectivity index (χ4n) is 2.32. The number of imidazole rings is 1. The van der Waals surface area contributed by atoms with E-state index in [-0.39, 0.29) is 12.1 Å². The number of hydrogen-bond donors (Lipinski definition) is 1. The molecule has 0 unspecified atom stereocenters. The highest BCUT2D eigenvalue weighted by molar-refractivity contribution is 6.29. The Balaban J connectivity index is 1.82. The lowest BCUT2D eigenvalue weighted by Gasteiger charge is -2.03. The zero-order valence-corrected chi connectivity index (χ0v) is 13.7. The van der Waals surface area contributed by atoms with Crippen molar-refractivity contribution in [3.63, 3.8) is 0 Å². The van der Waals surface area contributed by atoms with Crippen molar-refractivity contribution < 1.29 is 14.6 Å². The Labute approximate surface area is 150 Å². The zero-order chi connectivity index (χ0) is 18.8. The summed E-state index contributed by atoms with van der Waals surface area (Å²) in [6.45, 7) is 0.0212. The normalized spacial score (nSPS) is 10.7. The third kappa shape index (κ3) is 3.44. The molecule has 0 spiro atoms. The summed E-state index contributed by atoms with van der Waals surface area (Å²) in [7, 11) is 0. The minimum absolute atomic E-state index is 0.0212. The molecule has 11 heteroatoms. The quantitative estimate of drug-likeness (QED) is 0.414. The number of pyridine rings is 1. The first-order chi connectivity index (χ1) is 12.3. The number of fused-ring (bicyclic) bond motifs is 1. The van der Waals surface area contributed by atoms with E-state index < -0.39 is 27.1 Å². The molecule has 0 atom stereocenters. The van der Waals surface area contributed by atoms with Gasteiger partial charge in [-0.2, -0.15) is 0 Å². The van der Waals surface area contributed by atoms with Crippen LogP contribution in [0, 0.1) is 20.2 Å². The molecule has 1 aromatic carbocycles. The van der Waals surface area contributed by atoms with E-state index in [2.05, 4.69) is 10.3 Å². The summed E-state index contributed by atoms with van der Waals surface area (Å²) in [6.07, 6.45) is 1.63. The number of carbonyl (C=O) groups excluding carboxylic acids is 1. The van der Waals surface area contributed by atoms with E-state index >= 15 is 0 Å². The predicted molar refractivity (Wildman–Crippen MR) is 91.1 cm³/mol. The van der Waals surface area contributed by atoms with Crippen molar-refractivity contribution in [2.45, 2.75) is 6.54 Å². The number of nitro benzene ring substituents is 2. The zero-order valence-electron chi connectivity index (χ0n) is 13.0. The van der Waals surface area contributed by atoms with Crippen LogP contribution in [0.25, 0.3) is 5.65 Å². The fourth-order valence-corrected chi connectivity index (χ4v) is 2.53. The van der Waals surface area contributed by atoms with Gasteiger partial charge in [0, 0.05) is 18.3 Å². The molecule has 3 rings (SSSR count). The second-order valence-corrected chi connectivity index (χ2v) is 5.63. The standard InChI is InChI=1S/C15H10ClN5O5/c16-13-2-1-3-14-18-10(8-19(13)14)7-17-15(22)9-4-11(20(23)24)6-12(5-9)21(25)26/h1-6,8H,7H2,(H,17,22). The molecule has 10 nitrogen and oxygen atoms in total. The number of nitrogens with zero attached hydrogens (tertiary/aromatic N) is 4. The van der Waals surface area contributed by atoms with E-state index in [9.17, 15) is 25.0 Å². The molecule has 1 N–H and O–H groups in total. The number of nitrogens with one attached hydrogen (secondary N) is 1. The van der Waals surface area contributed by atoms with Crippen LogP contribution >= 0.6 is 11.6 Å². The SMILES string of the molecule is O=C(NCc1cn2c(Cl)cccc2n1)c1cc([N+](=O)[O-])cc([N+](=O)[O-])c1. The van der Waals surface area contributed by atoms with Gasteiger partial charge in [-0.25, -0.2) is 4.98 Å². The van der Waals surface area contributed by atoms with Crippen LogP contribution in [0.3, 0.4) is 0 Å². The van der Waals surface area contributed by atoms with Crippen molar-refractivity contribution in [3.05, 3.63) is 79.2 Å². The third-order valence-electron chi connectivity index (χ3n) is 3.51. The van der Waals surface area contributed by atoms with Crippen LogP contribution in [0.15, 0.2) is 42.6 Å². The van der Waals surface area contributed by atoms with Crippen molar-refractivity contribution in [2.24, 2.45) is 0 Å². The summed E-state index contributed by atoms with van der Waals surface area (Å²) >= 11 is 6.03. The van der Waals surface area contributed by atoms with Crippen LogP contribution in [0.2, 0.25) is 5.15 Å². The molecule has 26 heavy (non-hydrogen) atoms. The van der Waals surface area contributed by atoms with Crippen LogP contribution in [-0.4, -0.2) is 25.1 Å². The molecular weight excluding hydrogens is 366 g/mol. The molecule has 2 aromatic heterocycles. The molecule has 0 saturated carbocycles. The Hall–Kier alpha value is -3.53. The van der Waals surface area contributed by atoms with Crippen molar-refractivity contribution in [3.8, 4) is 0 Å². The number of rotatable bonds is 5. The smallest absolute Gasteiger partial charge is 0.277 e. The summed E-state index contributed by atoms with van der Waals surface area (Å²) in [5, 5.41) is 24.7. The van der Waals surface area contributed by atoms with Crippen LogP contribution in [-0.2, 0) is 6.54 Å². The van der Waals surface area contributed by atoms with Gasteiger partial charge in [-0.3, -0.25) is 29.4 Å². The van der Waals surface area contributed by atoms with E-state index in [1.165, 1.54) is 0 Å². The maximum absolute atomic E-state index is 12.2. The molecule has 0 saturated heterocycles. The highest BCUT2D eigenvalue weighted by Gasteiger charge is 2.20. The Morgan fingerprint density at radius 3 is 2.38 bits per heavy atom. The maximum atomic E-state index is 12.2. The first kappa shape index (κ1) is 17.3. The number of non-ortho nitro benzene ring substituents is 2. The number of carbonyl (C=O) groups is 1. The van der Waals surface area contributed by atoms with E-state index in [4.69, 9.17) is 11.6 Å². The first-order valence-corrected chi connectivity index (χ1v) is 7.57. The van der Waals surface area contributed by atoms with Gasteiger partial charge in [-0.1, -0.05) is 17.7 Å². The third-order valence-corrected chi connectivity index (χ3v) is 3.82. The van der Waals surface area contributed by atoms with E-state index in [0.717, 1.165) is 18.2 Å². The number of benzene rings is 1. The monoisotopic (exact) mass is 375 g/mol. The van der Waals surface area contributed by atoms with Gasteiger partial charge in [-0.15, -0.1) is 0 Å². The molecule has 0 bridgehead atoms. The largest absolute Gasteiger partial charge is 0.346 e. The molecular formula is C15H10ClN5O5. The summed E-state index contributed by atoms with van der Waals surface area (Å²) in [5.74, 6) is -0.694. The second kappa shape index (κ2) is 6.76. The second-order valence-electron chi connectivity index (χ2n) is 5.24. The van der Waals surface area contributed by atoms with Gasteiger partial charge >= 0.3 is 0 Å². The minimum atomic E-state index is -0.798. The summed E-state index contributed by atoms with van der Waals surface area (Å²) in [5.41, 5.74) is -0.167. The fraction of sp³-hybridized carbons (Fsp3) is 0.0667. The predicted octanol–water partition coefficient (Wildman–Crippen LogP) is 2.73. The van der Waals surface area contributed by atoms with Gasteiger partial charge in [0.15, 0.2) is 0 Å². The van der Waals surface area contributed by atoms with Crippen LogP contribution in [0.5, 0.6) is 0 Å². The molecule has 0 fully saturated rings. The average Bonchev–Trinajstić information content (AvgIpc) is 3.03. The Bertz CT molecular complexity index is 1020. The lowest BCUT2D eigenvalue weighted by atomic mass is 10.1. The van der Waals surface area contributed by atoms with Gasteiger partial charge < -0.3 is 5.32 Å². The number of halogens is 1. The molecule has 0 radical (unpaired) electrons. The lowest BCUT2D eigenvalue weighted by Crippen LogP contribution is -2.23. The number of nitro groups is 2. The molecule has 2 heterocycles. The number of aromatic nitrogens is 2. The van der Waals surface area contributed by atoms with Crippen LogP contribution in [0.4, 0.5) is 11.4 Å². The van der Waals surface area contributed by atoms with Gasteiger partial charge in [0.25, 0.3) is 17.3 Å². The highest BCUT2D eigenvalue weighted by Crippen LogP contribution is 2.22. The maximum Gasteiger partial charge on any atom is 0.277 e. The summed E-state index contributed by atoms with van der Waals surface area (Å²) in [4.78, 5) is 36.7. The number of hydrogen-bond acceptors (Lipinski definition) is 6.